The molecule has 0 aliphatic carbocycles. The summed E-state index contributed by atoms with van der Waals surface area (Å²) < 4.78 is 4.92. The highest BCUT2D eigenvalue weighted by Gasteiger charge is 2.29. The first-order valence-electron chi connectivity index (χ1n) is 10.8. The number of likely N-dealkylation sites (tertiary alicyclic amines) is 1. The lowest BCUT2D eigenvalue weighted by Gasteiger charge is -2.32. The van der Waals surface area contributed by atoms with Gasteiger partial charge in [0.2, 0.25) is 11.8 Å². The highest BCUT2D eigenvalue weighted by molar-refractivity contribution is 5.90. The van der Waals surface area contributed by atoms with Crippen molar-refractivity contribution in [1.82, 2.24) is 15.1 Å². The Morgan fingerprint density at radius 1 is 1.21 bits per heavy atom. The molecule has 1 fully saturated rings. The minimum atomic E-state index is -0.556. The summed E-state index contributed by atoms with van der Waals surface area (Å²) in [5.74, 6) is -0.625. The van der Waals surface area contributed by atoms with E-state index < -0.39 is 6.04 Å². The summed E-state index contributed by atoms with van der Waals surface area (Å²) in [6.45, 7) is 11.0. The number of nitrogens with zero attached hydrogens (tertiary/aromatic N) is 2. The summed E-state index contributed by atoms with van der Waals surface area (Å²) in [7, 11) is 3.61. The van der Waals surface area contributed by atoms with E-state index in [1.54, 1.807) is 27.0 Å². The number of piperidine rings is 1. The molecule has 1 rings (SSSR count). The van der Waals surface area contributed by atoms with Crippen molar-refractivity contribution in [1.29, 1.82) is 0 Å². The van der Waals surface area contributed by atoms with E-state index in [9.17, 15) is 14.4 Å². The molecular weight excluding hydrogens is 370 g/mol. The van der Waals surface area contributed by atoms with Crippen LogP contribution in [0, 0.1) is 0 Å². The molecule has 168 valence electrons. The van der Waals surface area contributed by atoms with Crippen LogP contribution >= 0.6 is 0 Å². The van der Waals surface area contributed by atoms with Crippen molar-refractivity contribution in [3.63, 3.8) is 0 Å². The Morgan fingerprint density at radius 3 is 2.34 bits per heavy atom. The van der Waals surface area contributed by atoms with Gasteiger partial charge < -0.3 is 15.0 Å². The molecule has 0 aromatic heterocycles. The van der Waals surface area contributed by atoms with Gasteiger partial charge in [-0.2, -0.15) is 0 Å². The minimum Gasteiger partial charge on any atom is -0.463 e. The first kappa shape index (κ1) is 27.1. The van der Waals surface area contributed by atoms with E-state index in [1.807, 2.05) is 18.9 Å². The molecule has 0 bridgehead atoms. The van der Waals surface area contributed by atoms with Crippen LogP contribution < -0.4 is 5.32 Å². The van der Waals surface area contributed by atoms with E-state index in [4.69, 9.17) is 4.74 Å². The second-order valence-corrected chi connectivity index (χ2v) is 7.50. The Kier molecular flexibility index (Phi) is 14.0. The number of likely N-dealkylation sites (N-methyl/N-ethyl adjacent to an activating group) is 2. The Bertz CT molecular complexity index is 548. The van der Waals surface area contributed by atoms with Crippen LogP contribution in [0.25, 0.3) is 0 Å². The smallest absolute Gasteiger partial charge is 0.333 e. The fourth-order valence-electron chi connectivity index (χ4n) is 2.97. The molecule has 0 spiro atoms. The molecule has 1 heterocycles. The molecule has 7 heteroatoms. The van der Waals surface area contributed by atoms with Crippen LogP contribution in [0.15, 0.2) is 11.6 Å². The molecule has 0 saturated carbocycles. The van der Waals surface area contributed by atoms with E-state index >= 15 is 0 Å². The molecule has 0 aromatic carbocycles. The highest BCUT2D eigenvalue weighted by Crippen LogP contribution is 2.15. The highest BCUT2D eigenvalue weighted by atomic mass is 16.5. The summed E-state index contributed by atoms with van der Waals surface area (Å²) in [4.78, 5) is 40.3. The Morgan fingerprint density at radius 2 is 1.83 bits per heavy atom. The van der Waals surface area contributed by atoms with Gasteiger partial charge in [0, 0.05) is 19.2 Å². The summed E-state index contributed by atoms with van der Waals surface area (Å²) >= 11 is 0. The van der Waals surface area contributed by atoms with Crippen LogP contribution in [0.5, 0.6) is 0 Å². The van der Waals surface area contributed by atoms with Crippen LogP contribution in [-0.2, 0) is 19.1 Å². The number of rotatable bonds is 8. The van der Waals surface area contributed by atoms with Crippen LogP contribution in [0.1, 0.15) is 66.7 Å². The number of carbonyl (C=O) groups excluding carboxylic acids is 3. The van der Waals surface area contributed by atoms with Gasteiger partial charge in [0.05, 0.1) is 12.6 Å². The van der Waals surface area contributed by atoms with Gasteiger partial charge in [0.1, 0.15) is 6.04 Å². The fourth-order valence-corrected chi connectivity index (χ4v) is 2.97. The third kappa shape index (κ3) is 9.92. The quantitative estimate of drug-likeness (QED) is 0.491. The van der Waals surface area contributed by atoms with Gasteiger partial charge >= 0.3 is 5.97 Å². The van der Waals surface area contributed by atoms with Gasteiger partial charge in [-0.05, 0) is 46.7 Å². The third-order valence-electron chi connectivity index (χ3n) is 4.74. The standard InChI is InChI=1S/C19H33N3O4.C3H8/c1-6-15(20-17(23)16-10-8-9-12-21(16)4)18(24)22(5)13-11-14(3)19(25)26-7-2;1-3-2/h11,15-16H,6-10,12-13H2,1-5H3,(H,20,23);3H2,1-2H3/b14-11+;. The van der Waals surface area contributed by atoms with Crippen molar-refractivity contribution in [2.24, 2.45) is 0 Å². The molecule has 7 nitrogen and oxygen atoms in total. The van der Waals surface area contributed by atoms with Gasteiger partial charge in [-0.25, -0.2) is 4.79 Å². The maximum absolute atomic E-state index is 12.6. The van der Waals surface area contributed by atoms with Crippen molar-refractivity contribution < 1.29 is 19.1 Å². The third-order valence-corrected chi connectivity index (χ3v) is 4.74. The Balaban J connectivity index is 0.00000245. The number of hydrogen-bond donors (Lipinski definition) is 1. The molecule has 0 aromatic rings. The van der Waals surface area contributed by atoms with E-state index in [1.165, 1.54) is 11.3 Å². The Hall–Kier alpha value is -1.89. The average molecular weight is 412 g/mol. The maximum Gasteiger partial charge on any atom is 0.333 e. The summed E-state index contributed by atoms with van der Waals surface area (Å²) in [6, 6.07) is -0.721. The minimum absolute atomic E-state index is 0.0842. The van der Waals surface area contributed by atoms with Gasteiger partial charge in [0.15, 0.2) is 0 Å². The topological polar surface area (TPSA) is 79.0 Å². The predicted molar refractivity (Wildman–Crippen MR) is 116 cm³/mol. The number of carbonyl (C=O) groups is 3. The van der Waals surface area contributed by atoms with Crippen molar-refractivity contribution in [3.8, 4) is 0 Å². The zero-order chi connectivity index (χ0) is 22.4. The molecule has 2 atom stereocenters. The molecule has 1 saturated heterocycles. The molecule has 1 aliphatic heterocycles. The van der Waals surface area contributed by atoms with Crippen molar-refractivity contribution in [2.45, 2.75) is 78.8 Å². The molecule has 29 heavy (non-hydrogen) atoms. The van der Waals surface area contributed by atoms with Crippen LogP contribution in [0.2, 0.25) is 0 Å². The zero-order valence-corrected chi connectivity index (χ0v) is 19.4. The Labute approximate surface area is 176 Å². The molecule has 1 aliphatic rings. The molecular formula is C22H41N3O4. The number of esters is 1. The number of amides is 2. The summed E-state index contributed by atoms with van der Waals surface area (Å²) in [6.07, 6.45) is 6.39. The second kappa shape index (κ2) is 15.0. The lowest BCUT2D eigenvalue weighted by atomic mass is 10.0. The monoisotopic (exact) mass is 411 g/mol. The number of hydrogen-bond acceptors (Lipinski definition) is 5. The molecule has 2 unspecified atom stereocenters. The van der Waals surface area contributed by atoms with Crippen LogP contribution in [0.3, 0.4) is 0 Å². The van der Waals surface area contributed by atoms with Crippen molar-refractivity contribution in [2.75, 3.05) is 33.8 Å². The zero-order valence-electron chi connectivity index (χ0n) is 19.4. The van der Waals surface area contributed by atoms with Crippen LogP contribution in [0.4, 0.5) is 0 Å². The predicted octanol–water partition coefficient (Wildman–Crippen LogP) is 2.75. The van der Waals surface area contributed by atoms with Gasteiger partial charge in [-0.15, -0.1) is 0 Å². The SMILES string of the molecule is CCC.CCOC(=O)/C(C)=C/CN(C)C(=O)C(CC)NC(=O)C1CCCCN1C. The van der Waals surface area contributed by atoms with Crippen molar-refractivity contribution >= 4 is 17.8 Å². The number of ether oxygens (including phenoxy) is 1. The average Bonchev–Trinajstić information content (AvgIpc) is 2.70. The number of nitrogens with one attached hydrogen (secondary N) is 1. The largest absolute Gasteiger partial charge is 0.463 e. The van der Waals surface area contributed by atoms with Gasteiger partial charge in [0.25, 0.3) is 0 Å². The molecule has 2 amide bonds. The van der Waals surface area contributed by atoms with Crippen molar-refractivity contribution in [3.05, 3.63) is 11.6 Å². The molecule has 0 radical (unpaired) electrons. The van der Waals surface area contributed by atoms with E-state index in [-0.39, 0.29) is 23.8 Å². The first-order valence-corrected chi connectivity index (χ1v) is 10.8. The lowest BCUT2D eigenvalue weighted by molar-refractivity contribution is -0.138. The van der Waals surface area contributed by atoms with E-state index in [0.29, 0.717) is 25.1 Å². The summed E-state index contributed by atoms with van der Waals surface area (Å²) in [5, 5.41) is 2.89. The fraction of sp³-hybridized carbons (Fsp3) is 0.773. The van der Waals surface area contributed by atoms with E-state index in [2.05, 4.69) is 19.2 Å². The molecule has 1 N–H and O–H groups in total. The first-order chi connectivity index (χ1) is 13.7. The van der Waals surface area contributed by atoms with Gasteiger partial charge in [-0.3, -0.25) is 14.5 Å². The lowest BCUT2D eigenvalue weighted by Crippen LogP contribution is -2.54. The summed E-state index contributed by atoms with van der Waals surface area (Å²) in [5.41, 5.74) is 0.465. The normalized spacial score (nSPS) is 18.2. The van der Waals surface area contributed by atoms with Crippen LogP contribution in [-0.4, -0.2) is 73.5 Å². The van der Waals surface area contributed by atoms with Gasteiger partial charge in [-0.1, -0.05) is 39.7 Å². The second-order valence-electron chi connectivity index (χ2n) is 7.50. The van der Waals surface area contributed by atoms with E-state index in [0.717, 1.165) is 25.8 Å². The maximum atomic E-state index is 12.6.